The Balaban J connectivity index is 2.65. The molecule has 0 bridgehead atoms. The first kappa shape index (κ1) is 45.0. The van der Waals surface area contributed by atoms with Crippen molar-refractivity contribution < 1.29 is 66.5 Å². The monoisotopic (exact) mass is 738 g/mol. The van der Waals surface area contributed by atoms with E-state index >= 15 is 0 Å². The molecular formula is C31H54N4O14S. The Kier molecular flexibility index (Phi) is 19.8. The Labute approximate surface area is 292 Å². The number of nitrogens with one attached hydrogen (secondary N) is 3. The van der Waals surface area contributed by atoms with Gasteiger partial charge in [-0.05, 0) is 25.7 Å². The van der Waals surface area contributed by atoms with Gasteiger partial charge >= 0.3 is 0 Å². The summed E-state index contributed by atoms with van der Waals surface area (Å²) in [5, 5.41) is 37.6. The molecule has 1 aliphatic heterocycles. The molecule has 50 heavy (non-hydrogen) atoms. The normalized spacial score (nSPS) is 21.9. The maximum Gasteiger partial charge on any atom is 0.266 e. The second kappa shape index (κ2) is 22.0. The fraction of sp³-hybridized carbons (Fsp3) is 0.806. The van der Waals surface area contributed by atoms with Gasteiger partial charge in [0.05, 0.1) is 11.8 Å². The summed E-state index contributed by atoms with van der Waals surface area (Å²) in [4.78, 5) is 77.2. The van der Waals surface area contributed by atoms with Crippen LogP contribution in [0.1, 0.15) is 72.6 Å². The van der Waals surface area contributed by atoms with Crippen molar-refractivity contribution in [3.05, 3.63) is 0 Å². The zero-order chi connectivity index (χ0) is 38.2. The lowest BCUT2D eigenvalue weighted by Crippen LogP contribution is -2.60. The van der Waals surface area contributed by atoms with Gasteiger partial charge in [-0.25, -0.2) is 0 Å². The Bertz CT molecular complexity index is 1260. The van der Waals surface area contributed by atoms with Crippen molar-refractivity contribution in [1.82, 2.24) is 20.9 Å². The van der Waals surface area contributed by atoms with E-state index in [2.05, 4.69) is 16.0 Å². The molecule has 0 saturated carbocycles. The van der Waals surface area contributed by atoms with E-state index in [-0.39, 0.29) is 69.9 Å². The SMILES string of the molecule is CCCN(CCC(=O)N[C@H](C(=O)C[C@@H](CCC(=O)NC[C@H]1O[C@@H](OC)[C@H](O)[C@@H](O)[C@@H]1O)C(C)=O)C(C)C)C(=O)CCC(=O)NCCS(=O)(=O)O. The number of methoxy groups -OCH3 is 1. The van der Waals surface area contributed by atoms with Crippen molar-refractivity contribution in [3.8, 4) is 0 Å². The van der Waals surface area contributed by atoms with Gasteiger partial charge < -0.3 is 45.6 Å². The second-order valence-corrected chi connectivity index (χ2v) is 14.2. The predicted octanol–water partition coefficient (Wildman–Crippen LogP) is -1.95. The van der Waals surface area contributed by atoms with Crippen molar-refractivity contribution in [1.29, 1.82) is 0 Å². The minimum atomic E-state index is -4.24. The van der Waals surface area contributed by atoms with Crippen LogP contribution in [0.3, 0.4) is 0 Å². The van der Waals surface area contributed by atoms with Gasteiger partial charge in [0.2, 0.25) is 23.6 Å². The molecule has 1 fully saturated rings. The molecule has 0 aromatic rings. The molecule has 0 aliphatic carbocycles. The van der Waals surface area contributed by atoms with Crippen molar-refractivity contribution in [2.75, 3.05) is 39.0 Å². The number of nitrogens with zero attached hydrogens (tertiary/aromatic N) is 1. The van der Waals surface area contributed by atoms with Crippen LogP contribution in [0.5, 0.6) is 0 Å². The number of amides is 4. The molecule has 4 amide bonds. The van der Waals surface area contributed by atoms with Crippen LogP contribution in [0, 0.1) is 11.8 Å². The molecular weight excluding hydrogens is 684 g/mol. The van der Waals surface area contributed by atoms with Gasteiger partial charge in [0.1, 0.15) is 30.2 Å². The fourth-order valence-corrected chi connectivity index (χ4v) is 5.59. The van der Waals surface area contributed by atoms with Crippen LogP contribution in [-0.4, -0.2) is 144 Å². The van der Waals surface area contributed by atoms with E-state index in [9.17, 15) is 52.5 Å². The quantitative estimate of drug-likeness (QED) is 0.0562. The molecule has 0 aromatic heterocycles. The first-order valence-electron chi connectivity index (χ1n) is 16.6. The number of aliphatic hydroxyl groups excluding tert-OH is 3. The van der Waals surface area contributed by atoms with E-state index in [1.807, 2.05) is 6.92 Å². The Morgan fingerprint density at radius 3 is 2.08 bits per heavy atom. The van der Waals surface area contributed by atoms with Gasteiger partial charge in [-0.1, -0.05) is 20.8 Å². The summed E-state index contributed by atoms with van der Waals surface area (Å²) in [6.45, 7) is 6.37. The molecule has 18 nitrogen and oxygen atoms in total. The second-order valence-electron chi connectivity index (χ2n) is 12.6. The van der Waals surface area contributed by atoms with Crippen LogP contribution in [0.25, 0.3) is 0 Å². The van der Waals surface area contributed by atoms with E-state index in [0.717, 1.165) is 0 Å². The average molecular weight is 739 g/mol. The Morgan fingerprint density at radius 1 is 0.880 bits per heavy atom. The van der Waals surface area contributed by atoms with Gasteiger partial charge in [-0.2, -0.15) is 8.42 Å². The largest absolute Gasteiger partial charge is 0.388 e. The fourth-order valence-electron chi connectivity index (χ4n) is 5.23. The molecule has 1 heterocycles. The minimum absolute atomic E-state index is 0.0155. The number of ether oxygens (including phenoxy) is 2. The molecule has 1 aliphatic rings. The molecule has 1 rings (SSSR count). The van der Waals surface area contributed by atoms with E-state index in [0.29, 0.717) is 13.0 Å². The standard InChI is InChI=1S/C31H54N4O14S/c1-6-13-35(26(41)10-9-23(38)32-12-15-50(45,46)47)14-11-25(40)34-27(18(2)3)21(37)16-20(19(4)36)7-8-24(39)33-17-22-28(42)29(43)30(44)31(48-5)49-22/h18,20,22,27-31,42-44H,6-17H2,1-5H3,(H,32,38)(H,33,39)(H,34,40)(H,45,46,47)/t20-,22-,27+,28-,29+,30-,31-/m1/s1. The van der Waals surface area contributed by atoms with Crippen molar-refractivity contribution in [2.45, 2.75) is 109 Å². The summed E-state index contributed by atoms with van der Waals surface area (Å²) in [6, 6.07) is -0.944. The molecule has 19 heteroatoms. The summed E-state index contributed by atoms with van der Waals surface area (Å²) in [5.74, 6) is -4.54. The third-order valence-electron chi connectivity index (χ3n) is 8.18. The Hall–Kier alpha value is -3.07. The highest BCUT2D eigenvalue weighted by molar-refractivity contribution is 7.85. The zero-order valence-corrected chi connectivity index (χ0v) is 30.1. The number of aliphatic hydroxyl groups is 3. The van der Waals surface area contributed by atoms with E-state index in [4.69, 9.17) is 14.0 Å². The van der Waals surface area contributed by atoms with Gasteiger partial charge in [0.15, 0.2) is 12.1 Å². The van der Waals surface area contributed by atoms with Crippen molar-refractivity contribution in [2.24, 2.45) is 11.8 Å². The summed E-state index contributed by atoms with van der Waals surface area (Å²) in [5.41, 5.74) is 0. The smallest absolute Gasteiger partial charge is 0.266 e. The molecule has 7 N–H and O–H groups in total. The maximum absolute atomic E-state index is 13.3. The highest BCUT2D eigenvalue weighted by Gasteiger charge is 2.44. The number of hydrogen-bond donors (Lipinski definition) is 7. The summed E-state index contributed by atoms with van der Waals surface area (Å²) < 4.78 is 40.6. The van der Waals surface area contributed by atoms with Gasteiger partial charge in [0.25, 0.3) is 10.1 Å². The van der Waals surface area contributed by atoms with Gasteiger partial charge in [0, 0.05) is 71.3 Å². The van der Waals surface area contributed by atoms with Crippen molar-refractivity contribution >= 4 is 45.3 Å². The first-order chi connectivity index (χ1) is 23.3. The molecule has 0 aromatic carbocycles. The van der Waals surface area contributed by atoms with Gasteiger partial charge in [-0.3, -0.25) is 33.3 Å². The van der Waals surface area contributed by atoms with Crippen LogP contribution in [0.15, 0.2) is 0 Å². The first-order valence-corrected chi connectivity index (χ1v) is 18.2. The third kappa shape index (κ3) is 16.3. The van der Waals surface area contributed by atoms with Crippen LogP contribution in [0.4, 0.5) is 0 Å². The topological polar surface area (TPSA) is 275 Å². The highest BCUT2D eigenvalue weighted by atomic mass is 32.2. The number of rotatable bonds is 23. The van der Waals surface area contributed by atoms with Crippen LogP contribution in [-0.2, 0) is 48.4 Å². The molecule has 288 valence electrons. The number of ketones is 2. The summed E-state index contributed by atoms with van der Waals surface area (Å²) in [6.07, 6.45) is -7.15. The summed E-state index contributed by atoms with van der Waals surface area (Å²) in [7, 11) is -2.99. The van der Waals surface area contributed by atoms with E-state index in [1.54, 1.807) is 13.8 Å². The Morgan fingerprint density at radius 2 is 1.52 bits per heavy atom. The lowest BCUT2D eigenvalue weighted by Gasteiger charge is -2.39. The number of hydrogen-bond acceptors (Lipinski definition) is 13. The molecule has 0 unspecified atom stereocenters. The lowest BCUT2D eigenvalue weighted by molar-refractivity contribution is -0.288. The van der Waals surface area contributed by atoms with Crippen LogP contribution in [0.2, 0.25) is 0 Å². The van der Waals surface area contributed by atoms with Crippen molar-refractivity contribution in [3.63, 3.8) is 0 Å². The van der Waals surface area contributed by atoms with Crippen LogP contribution >= 0.6 is 0 Å². The third-order valence-corrected chi connectivity index (χ3v) is 8.90. The lowest BCUT2D eigenvalue weighted by atomic mass is 9.88. The number of carbonyl (C=O) groups is 6. The predicted molar refractivity (Wildman–Crippen MR) is 177 cm³/mol. The molecule has 7 atom stereocenters. The van der Waals surface area contributed by atoms with E-state index < -0.39 is 87.9 Å². The highest BCUT2D eigenvalue weighted by Crippen LogP contribution is 2.22. The van der Waals surface area contributed by atoms with Crippen LogP contribution < -0.4 is 16.0 Å². The molecule has 0 radical (unpaired) electrons. The molecule has 1 saturated heterocycles. The average Bonchev–Trinajstić information content (AvgIpc) is 3.03. The minimum Gasteiger partial charge on any atom is -0.388 e. The number of carbonyl (C=O) groups excluding carboxylic acids is 6. The zero-order valence-electron chi connectivity index (χ0n) is 29.3. The van der Waals surface area contributed by atoms with Gasteiger partial charge in [-0.15, -0.1) is 0 Å². The number of Topliss-reactive ketones (excluding diaryl/α,β-unsaturated/α-hetero) is 2. The van der Waals surface area contributed by atoms with E-state index in [1.165, 1.54) is 18.9 Å². The summed E-state index contributed by atoms with van der Waals surface area (Å²) >= 11 is 0. The maximum atomic E-state index is 13.3. The molecule has 0 spiro atoms.